The molecule has 0 aliphatic carbocycles. The molecule has 1 N–H and O–H groups in total. The van der Waals surface area contributed by atoms with Crippen LogP contribution in [-0.2, 0) is 11.9 Å². The van der Waals surface area contributed by atoms with Crippen molar-refractivity contribution in [3.63, 3.8) is 0 Å². The number of hydrogen-bond acceptors (Lipinski definition) is 3. The van der Waals surface area contributed by atoms with E-state index in [9.17, 15) is 9.18 Å². The van der Waals surface area contributed by atoms with Gasteiger partial charge in [0.05, 0.1) is 0 Å². The fraction of sp³-hybridized carbons (Fsp3) is 0.273. The summed E-state index contributed by atoms with van der Waals surface area (Å²) in [5, 5.41) is 4.16. The van der Waals surface area contributed by atoms with E-state index in [-0.39, 0.29) is 5.52 Å². The summed E-state index contributed by atoms with van der Waals surface area (Å²) in [5.74, 6) is 0.244. The van der Waals surface area contributed by atoms with Crippen molar-refractivity contribution in [1.29, 1.82) is 0 Å². The van der Waals surface area contributed by atoms with E-state index in [4.69, 9.17) is 0 Å². The number of aromatic nitrogens is 2. The number of anilines is 1. The molecule has 0 saturated carbocycles. The molecule has 88 valence electrons. The minimum atomic E-state index is -0.423. The van der Waals surface area contributed by atoms with Crippen LogP contribution in [0.5, 0.6) is 0 Å². The second-order valence-electron chi connectivity index (χ2n) is 3.89. The van der Waals surface area contributed by atoms with E-state index in [2.05, 4.69) is 26.2 Å². The maximum atomic E-state index is 14.0. The Hall–Kier alpha value is -1.43. The van der Waals surface area contributed by atoms with Crippen LogP contribution in [0.15, 0.2) is 16.9 Å². The van der Waals surface area contributed by atoms with Crippen LogP contribution in [0.1, 0.15) is 5.56 Å². The van der Waals surface area contributed by atoms with Gasteiger partial charge in [-0.1, -0.05) is 22.0 Å². The maximum absolute atomic E-state index is 14.0. The van der Waals surface area contributed by atoms with Crippen molar-refractivity contribution in [2.45, 2.75) is 11.9 Å². The largest absolute Gasteiger partial charge is 0.369 e. The fourth-order valence-corrected chi connectivity index (χ4v) is 2.52. The Morgan fingerprint density at radius 2 is 2.35 bits per heavy atom. The Morgan fingerprint density at radius 1 is 1.53 bits per heavy atom. The van der Waals surface area contributed by atoms with Crippen molar-refractivity contribution in [2.24, 2.45) is 0 Å². The van der Waals surface area contributed by atoms with Crippen molar-refractivity contribution in [2.75, 3.05) is 11.9 Å². The molecule has 1 aliphatic heterocycles. The fourth-order valence-electron chi connectivity index (χ4n) is 2.09. The van der Waals surface area contributed by atoms with Crippen molar-refractivity contribution >= 4 is 32.7 Å². The van der Waals surface area contributed by atoms with Crippen LogP contribution in [-0.4, -0.2) is 16.1 Å². The monoisotopic (exact) mass is 297 g/mol. The first kappa shape index (κ1) is 10.7. The second-order valence-corrected chi connectivity index (χ2v) is 4.45. The number of fused-ring (bicyclic) bond motifs is 3. The van der Waals surface area contributed by atoms with Gasteiger partial charge in [-0.15, -0.1) is 0 Å². The number of benzene rings is 1. The molecule has 0 unspecified atom stereocenters. The summed E-state index contributed by atoms with van der Waals surface area (Å²) in [5.41, 5.74) is 0.253. The Bertz CT molecular complexity index is 668. The highest BCUT2D eigenvalue weighted by atomic mass is 79.9. The zero-order valence-electron chi connectivity index (χ0n) is 8.83. The first-order valence-corrected chi connectivity index (χ1v) is 6.36. The first-order chi connectivity index (χ1) is 8.22. The number of nitrogens with one attached hydrogen (secondary N) is 1. The van der Waals surface area contributed by atoms with Crippen molar-refractivity contribution < 1.29 is 4.39 Å². The van der Waals surface area contributed by atoms with Gasteiger partial charge in [-0.05, 0) is 6.07 Å². The molecule has 17 heavy (non-hydrogen) atoms. The molecule has 1 aliphatic rings. The maximum Gasteiger partial charge on any atom is 0.349 e. The van der Waals surface area contributed by atoms with E-state index in [1.165, 1.54) is 4.57 Å². The molecule has 3 rings (SSSR count). The predicted molar refractivity (Wildman–Crippen MR) is 67.1 cm³/mol. The van der Waals surface area contributed by atoms with Crippen LogP contribution in [0.2, 0.25) is 0 Å². The molecular formula is C11H9BrFN3O. The van der Waals surface area contributed by atoms with Crippen LogP contribution >= 0.6 is 15.9 Å². The Balaban J connectivity index is 2.45. The number of hydrogen-bond donors (Lipinski definition) is 1. The van der Waals surface area contributed by atoms with Crippen LogP contribution in [0.4, 0.5) is 10.2 Å². The lowest BCUT2D eigenvalue weighted by Crippen LogP contribution is -2.21. The molecule has 0 bridgehead atoms. The van der Waals surface area contributed by atoms with E-state index in [0.717, 1.165) is 0 Å². The average molecular weight is 298 g/mol. The van der Waals surface area contributed by atoms with Crippen molar-refractivity contribution in [3.8, 4) is 0 Å². The van der Waals surface area contributed by atoms with Gasteiger partial charge in [0, 0.05) is 29.4 Å². The zero-order valence-corrected chi connectivity index (χ0v) is 10.4. The van der Waals surface area contributed by atoms with Crippen LogP contribution in [0, 0.1) is 5.82 Å². The standard InChI is InChI=1S/C11H9BrFN3O/c12-5-6-1-2-7-9(8(6)13)15-11(17)16-4-3-14-10(7)16/h1-2,14H,3-5H2. The SMILES string of the molecule is O=c1nc2c(F)c(CBr)ccc2c2n1CCN2. The molecule has 4 nitrogen and oxygen atoms in total. The summed E-state index contributed by atoms with van der Waals surface area (Å²) < 4.78 is 15.6. The highest BCUT2D eigenvalue weighted by Gasteiger charge is 2.19. The number of halogens is 2. The Labute approximate surface area is 105 Å². The Morgan fingerprint density at radius 3 is 3.12 bits per heavy atom. The third-order valence-electron chi connectivity index (χ3n) is 2.93. The average Bonchev–Trinajstić information content (AvgIpc) is 2.81. The van der Waals surface area contributed by atoms with Gasteiger partial charge in [0.15, 0.2) is 5.82 Å². The van der Waals surface area contributed by atoms with E-state index >= 15 is 0 Å². The lowest BCUT2D eigenvalue weighted by Gasteiger charge is -2.08. The van der Waals surface area contributed by atoms with E-state index in [1.54, 1.807) is 12.1 Å². The molecule has 2 aromatic rings. The van der Waals surface area contributed by atoms with E-state index in [0.29, 0.717) is 35.2 Å². The quantitative estimate of drug-likeness (QED) is 0.817. The van der Waals surface area contributed by atoms with Gasteiger partial charge in [0.2, 0.25) is 0 Å². The number of alkyl halides is 1. The molecule has 1 aromatic heterocycles. The minimum Gasteiger partial charge on any atom is -0.369 e. The molecule has 0 fully saturated rings. The van der Waals surface area contributed by atoms with E-state index < -0.39 is 11.5 Å². The molecular weight excluding hydrogens is 289 g/mol. The molecule has 2 heterocycles. The third-order valence-corrected chi connectivity index (χ3v) is 3.54. The van der Waals surface area contributed by atoms with E-state index in [1.807, 2.05) is 0 Å². The molecule has 0 spiro atoms. The van der Waals surface area contributed by atoms with Gasteiger partial charge >= 0.3 is 5.69 Å². The number of nitrogens with zero attached hydrogens (tertiary/aromatic N) is 2. The third kappa shape index (κ3) is 1.47. The molecule has 6 heteroatoms. The zero-order chi connectivity index (χ0) is 12.0. The molecule has 1 aromatic carbocycles. The lowest BCUT2D eigenvalue weighted by molar-refractivity contribution is 0.624. The first-order valence-electron chi connectivity index (χ1n) is 5.24. The lowest BCUT2D eigenvalue weighted by atomic mass is 10.1. The summed E-state index contributed by atoms with van der Waals surface area (Å²) in [6, 6.07) is 3.50. The van der Waals surface area contributed by atoms with Gasteiger partial charge < -0.3 is 5.32 Å². The van der Waals surface area contributed by atoms with Gasteiger partial charge in [-0.25, -0.2) is 9.18 Å². The van der Waals surface area contributed by atoms with Gasteiger partial charge in [0.1, 0.15) is 11.3 Å². The van der Waals surface area contributed by atoms with Crippen LogP contribution in [0.25, 0.3) is 10.9 Å². The van der Waals surface area contributed by atoms with Crippen molar-refractivity contribution in [3.05, 3.63) is 34.0 Å². The summed E-state index contributed by atoms with van der Waals surface area (Å²) in [6.07, 6.45) is 0. The normalized spacial score (nSPS) is 13.8. The molecule has 0 atom stereocenters. The van der Waals surface area contributed by atoms with Gasteiger partial charge in [-0.2, -0.15) is 4.98 Å². The van der Waals surface area contributed by atoms with Crippen LogP contribution in [0.3, 0.4) is 0 Å². The summed E-state index contributed by atoms with van der Waals surface area (Å²) in [4.78, 5) is 15.5. The highest BCUT2D eigenvalue weighted by molar-refractivity contribution is 9.08. The molecule has 0 radical (unpaired) electrons. The smallest absolute Gasteiger partial charge is 0.349 e. The summed E-state index contributed by atoms with van der Waals surface area (Å²) >= 11 is 3.21. The summed E-state index contributed by atoms with van der Waals surface area (Å²) in [7, 11) is 0. The number of rotatable bonds is 1. The predicted octanol–water partition coefficient (Wildman–Crippen LogP) is 1.86. The second kappa shape index (κ2) is 3.80. The topological polar surface area (TPSA) is 46.9 Å². The minimum absolute atomic E-state index is 0.146. The van der Waals surface area contributed by atoms with Crippen LogP contribution < -0.4 is 11.0 Å². The Kier molecular flexibility index (Phi) is 2.39. The van der Waals surface area contributed by atoms with Gasteiger partial charge in [0.25, 0.3) is 0 Å². The summed E-state index contributed by atoms with van der Waals surface area (Å²) in [6.45, 7) is 1.26. The molecule has 0 amide bonds. The molecule has 0 saturated heterocycles. The highest BCUT2D eigenvalue weighted by Crippen LogP contribution is 2.27. The van der Waals surface area contributed by atoms with Gasteiger partial charge in [-0.3, -0.25) is 4.57 Å². The van der Waals surface area contributed by atoms with Crippen molar-refractivity contribution in [1.82, 2.24) is 9.55 Å².